The van der Waals surface area contributed by atoms with Crippen molar-refractivity contribution in [3.63, 3.8) is 0 Å². The lowest BCUT2D eigenvalue weighted by Crippen LogP contribution is -2.15. The van der Waals surface area contributed by atoms with E-state index in [1.165, 1.54) is 0 Å². The van der Waals surface area contributed by atoms with Crippen LogP contribution in [0.5, 0.6) is 0 Å². The Balaban J connectivity index is 2.26. The molecule has 1 heteroatoms. The Hall–Kier alpha value is -1.65. The van der Waals surface area contributed by atoms with E-state index >= 15 is 0 Å². The highest BCUT2D eigenvalue weighted by molar-refractivity contribution is 8.05. The highest BCUT2D eigenvalue weighted by Gasteiger charge is 2.28. The van der Waals surface area contributed by atoms with E-state index < -0.39 is 0 Å². The molecule has 0 bridgehead atoms. The molecule has 1 aromatic rings. The first kappa shape index (κ1) is 11.8. The van der Waals surface area contributed by atoms with Gasteiger partial charge in [0.2, 0.25) is 0 Å². The summed E-state index contributed by atoms with van der Waals surface area (Å²) in [6.45, 7) is 7.77. The van der Waals surface area contributed by atoms with Gasteiger partial charge in [-0.05, 0) is 18.6 Å². The fraction of sp³-hybridized carbons (Fsp3) is 0.125. The van der Waals surface area contributed by atoms with Crippen LogP contribution in [0.15, 0.2) is 66.6 Å². The van der Waals surface area contributed by atoms with E-state index in [2.05, 4.69) is 31.1 Å². The summed E-state index contributed by atoms with van der Waals surface area (Å²) in [5.41, 5.74) is 1.04. The maximum Gasteiger partial charge on any atom is 0.103 e. The summed E-state index contributed by atoms with van der Waals surface area (Å²) < 4.78 is -0.172. The van der Waals surface area contributed by atoms with Gasteiger partial charge in [0.1, 0.15) is 4.75 Å². The molecule has 1 aliphatic heterocycles. The molecule has 0 nitrogen and oxygen atoms in total. The van der Waals surface area contributed by atoms with E-state index in [9.17, 15) is 0 Å². The molecule has 0 spiro atoms. The number of rotatable bonds is 2. The minimum Gasteiger partial charge on any atom is -0.103 e. The van der Waals surface area contributed by atoms with Crippen molar-refractivity contribution in [3.8, 4) is 11.8 Å². The van der Waals surface area contributed by atoms with E-state index in [4.69, 9.17) is 0 Å². The van der Waals surface area contributed by atoms with Crippen LogP contribution in [0.2, 0.25) is 0 Å². The summed E-state index contributed by atoms with van der Waals surface area (Å²) in [5.74, 6) is 6.56. The molecule has 1 aliphatic rings. The Bertz CT molecular complexity index is 513. The van der Waals surface area contributed by atoms with Crippen LogP contribution in [0.4, 0.5) is 0 Å². The summed E-state index contributed by atoms with van der Waals surface area (Å²) in [6.07, 6.45) is 6.91. The molecule has 1 unspecified atom stereocenters. The zero-order valence-electron chi connectivity index (χ0n) is 9.65. The number of hydrogen-bond acceptors (Lipinski definition) is 1. The lowest BCUT2D eigenvalue weighted by molar-refractivity contribution is 0.936. The van der Waals surface area contributed by atoms with E-state index in [-0.39, 0.29) is 4.75 Å². The van der Waals surface area contributed by atoms with Gasteiger partial charge in [-0.2, -0.15) is 0 Å². The Morgan fingerprint density at radius 3 is 2.65 bits per heavy atom. The largest absolute Gasteiger partial charge is 0.103 e. The second kappa shape index (κ2) is 5.12. The Kier molecular flexibility index (Phi) is 3.56. The van der Waals surface area contributed by atoms with Crippen molar-refractivity contribution >= 4 is 11.8 Å². The van der Waals surface area contributed by atoms with Gasteiger partial charge in [0, 0.05) is 10.5 Å². The first-order valence-electron chi connectivity index (χ1n) is 5.50. The third kappa shape index (κ3) is 2.93. The van der Waals surface area contributed by atoms with Gasteiger partial charge in [0.15, 0.2) is 0 Å². The van der Waals surface area contributed by atoms with E-state index in [1.54, 1.807) is 11.8 Å². The molecule has 0 saturated heterocycles. The molecule has 1 atom stereocenters. The van der Waals surface area contributed by atoms with Gasteiger partial charge in [-0.3, -0.25) is 0 Å². The van der Waals surface area contributed by atoms with E-state index in [0.717, 1.165) is 16.9 Å². The highest BCUT2D eigenvalue weighted by Crippen LogP contribution is 2.41. The molecule has 0 saturated carbocycles. The van der Waals surface area contributed by atoms with Gasteiger partial charge >= 0.3 is 0 Å². The van der Waals surface area contributed by atoms with Gasteiger partial charge in [-0.25, -0.2) is 0 Å². The molecule has 0 aromatic heterocycles. The summed E-state index contributed by atoms with van der Waals surface area (Å²) >= 11 is 1.71. The van der Waals surface area contributed by atoms with Crippen LogP contribution in [-0.2, 0) is 0 Å². The average molecular weight is 238 g/mol. The first-order valence-corrected chi connectivity index (χ1v) is 6.32. The van der Waals surface area contributed by atoms with Crippen LogP contribution < -0.4 is 0 Å². The standard InChI is InChI=1S/C16H14S/c1-3-11-16(12-9-14(2)17-16)13-10-15-7-5-4-6-8-15/h3-9,12H,1-2,11H2. The molecule has 17 heavy (non-hydrogen) atoms. The fourth-order valence-electron chi connectivity index (χ4n) is 1.67. The van der Waals surface area contributed by atoms with Crippen LogP contribution in [0.25, 0.3) is 0 Å². The minimum absolute atomic E-state index is 0.172. The van der Waals surface area contributed by atoms with Crippen LogP contribution in [0, 0.1) is 11.8 Å². The van der Waals surface area contributed by atoms with Crippen molar-refractivity contribution in [1.82, 2.24) is 0 Å². The lowest BCUT2D eigenvalue weighted by atomic mass is 10.0. The highest BCUT2D eigenvalue weighted by atomic mass is 32.2. The van der Waals surface area contributed by atoms with Gasteiger partial charge in [0.05, 0.1) is 0 Å². The summed E-state index contributed by atoms with van der Waals surface area (Å²) in [4.78, 5) is 1.06. The molecule has 84 valence electrons. The average Bonchev–Trinajstić information content (AvgIpc) is 2.71. The van der Waals surface area contributed by atoms with E-state index in [0.29, 0.717) is 0 Å². The second-order valence-corrected chi connectivity index (χ2v) is 5.36. The number of allylic oxidation sites excluding steroid dienone is 2. The Morgan fingerprint density at radius 1 is 1.29 bits per heavy atom. The second-order valence-electron chi connectivity index (χ2n) is 3.90. The van der Waals surface area contributed by atoms with Crippen molar-refractivity contribution in [1.29, 1.82) is 0 Å². The zero-order valence-corrected chi connectivity index (χ0v) is 10.5. The maximum absolute atomic E-state index is 3.96. The van der Waals surface area contributed by atoms with E-state index in [1.807, 2.05) is 42.5 Å². The fourth-order valence-corrected chi connectivity index (χ4v) is 2.71. The number of thioether (sulfide) groups is 1. The normalized spacial score (nSPS) is 22.0. The maximum atomic E-state index is 3.96. The molecule has 2 rings (SSSR count). The molecule has 0 aliphatic carbocycles. The van der Waals surface area contributed by atoms with Gasteiger partial charge < -0.3 is 0 Å². The molecule has 0 amide bonds. The minimum atomic E-state index is -0.172. The van der Waals surface area contributed by atoms with Crippen LogP contribution in [-0.4, -0.2) is 4.75 Å². The molecule has 0 N–H and O–H groups in total. The summed E-state index contributed by atoms with van der Waals surface area (Å²) in [5, 5.41) is 0. The van der Waals surface area contributed by atoms with Gasteiger partial charge in [-0.15, -0.1) is 18.3 Å². The Labute approximate surface area is 107 Å². The van der Waals surface area contributed by atoms with Crippen molar-refractivity contribution in [2.24, 2.45) is 0 Å². The van der Waals surface area contributed by atoms with Crippen molar-refractivity contribution in [2.75, 3.05) is 0 Å². The lowest BCUT2D eigenvalue weighted by Gasteiger charge is -2.17. The Morgan fingerprint density at radius 2 is 2.06 bits per heavy atom. The molecule has 0 radical (unpaired) electrons. The predicted octanol–water partition coefficient (Wildman–Crippen LogP) is 4.17. The number of hydrogen-bond donors (Lipinski definition) is 0. The summed E-state index contributed by atoms with van der Waals surface area (Å²) in [6, 6.07) is 10.0. The molecular weight excluding hydrogens is 224 g/mol. The van der Waals surface area contributed by atoms with Crippen LogP contribution >= 0.6 is 11.8 Å². The van der Waals surface area contributed by atoms with Crippen molar-refractivity contribution in [3.05, 3.63) is 72.2 Å². The van der Waals surface area contributed by atoms with Crippen LogP contribution in [0.3, 0.4) is 0 Å². The molecule has 1 aromatic carbocycles. The summed E-state index contributed by atoms with van der Waals surface area (Å²) in [7, 11) is 0. The first-order chi connectivity index (χ1) is 8.24. The van der Waals surface area contributed by atoms with Crippen LogP contribution in [0.1, 0.15) is 12.0 Å². The van der Waals surface area contributed by atoms with Gasteiger partial charge in [0.25, 0.3) is 0 Å². The molecule has 0 fully saturated rings. The smallest absolute Gasteiger partial charge is 0.103 e. The predicted molar refractivity (Wildman–Crippen MR) is 76.7 cm³/mol. The van der Waals surface area contributed by atoms with Crippen molar-refractivity contribution in [2.45, 2.75) is 11.2 Å². The number of benzene rings is 1. The van der Waals surface area contributed by atoms with Gasteiger partial charge in [-0.1, -0.05) is 54.8 Å². The molecular formula is C16H14S. The zero-order chi connectivity index (χ0) is 12.1. The third-order valence-corrected chi connectivity index (χ3v) is 3.66. The topological polar surface area (TPSA) is 0 Å². The SMILES string of the molecule is C=CCC1(C#Cc2ccccc2)C=CC(=C)S1. The third-order valence-electron chi connectivity index (χ3n) is 2.49. The molecule has 1 heterocycles. The van der Waals surface area contributed by atoms with Crippen molar-refractivity contribution < 1.29 is 0 Å². The quantitative estimate of drug-likeness (QED) is 0.550. The monoisotopic (exact) mass is 238 g/mol.